The van der Waals surface area contributed by atoms with E-state index >= 15 is 0 Å². The Kier molecular flexibility index (Phi) is 6.05. The highest BCUT2D eigenvalue weighted by molar-refractivity contribution is 7.25. The summed E-state index contributed by atoms with van der Waals surface area (Å²) in [6, 6.07) is 54.9. The fraction of sp³-hybridized carbons (Fsp3) is 0. The Labute approximate surface area is 295 Å². The van der Waals surface area contributed by atoms with Crippen LogP contribution >= 0.6 is 11.3 Å². The molecule has 4 heterocycles. The van der Waals surface area contributed by atoms with E-state index in [1.165, 1.54) is 30.9 Å². The zero-order valence-corrected chi connectivity index (χ0v) is 27.9. The highest BCUT2D eigenvalue weighted by Crippen LogP contribution is 2.43. The molecule has 0 saturated heterocycles. The van der Waals surface area contributed by atoms with Crippen molar-refractivity contribution in [3.05, 3.63) is 158 Å². The lowest BCUT2D eigenvalue weighted by molar-refractivity contribution is 0.668. The molecule has 0 amide bonds. The van der Waals surface area contributed by atoms with Gasteiger partial charge in [-0.25, -0.2) is 15.0 Å². The first-order valence-electron chi connectivity index (χ1n) is 16.9. The van der Waals surface area contributed by atoms with Gasteiger partial charge in [0, 0.05) is 64.5 Å². The van der Waals surface area contributed by atoms with Crippen molar-refractivity contribution in [3.63, 3.8) is 0 Å². The molecule has 0 radical (unpaired) electrons. The number of rotatable bonds is 4. The van der Waals surface area contributed by atoms with Gasteiger partial charge in [-0.05, 0) is 36.4 Å². The number of fused-ring (bicyclic) bond motifs is 9. The maximum atomic E-state index is 6.63. The third kappa shape index (κ3) is 4.37. The van der Waals surface area contributed by atoms with Crippen molar-refractivity contribution in [2.75, 3.05) is 0 Å². The maximum absolute atomic E-state index is 6.63. The Morgan fingerprint density at radius 3 is 1.82 bits per heavy atom. The van der Waals surface area contributed by atoms with Crippen molar-refractivity contribution in [1.29, 1.82) is 0 Å². The Morgan fingerprint density at radius 1 is 0.431 bits per heavy atom. The molecule has 0 spiro atoms. The quantitative estimate of drug-likeness (QED) is 0.187. The molecule has 0 aliphatic heterocycles. The average molecular weight is 671 g/mol. The molecule has 238 valence electrons. The second kappa shape index (κ2) is 10.9. The standard InChI is InChI=1S/C45H26N4OS/c1-3-13-27(14-4-1)43-46-44(28-15-5-2-6-16-28)48-45(47-43)35-23-29(24-39-42(35)32-19-8-11-21-38(32)50-39)49-36-20-10-7-17-30(36)33-25-34-31-18-9-12-22-40(31)51-41(34)26-37(33)49/h1-26H. The van der Waals surface area contributed by atoms with Gasteiger partial charge in [0.2, 0.25) is 0 Å². The van der Waals surface area contributed by atoms with Crippen LogP contribution < -0.4 is 0 Å². The lowest BCUT2D eigenvalue weighted by Crippen LogP contribution is -2.01. The van der Waals surface area contributed by atoms with Gasteiger partial charge in [-0.1, -0.05) is 115 Å². The van der Waals surface area contributed by atoms with Crippen LogP contribution in [-0.4, -0.2) is 19.5 Å². The number of hydrogen-bond acceptors (Lipinski definition) is 5. The summed E-state index contributed by atoms with van der Waals surface area (Å²) in [5, 5.41) is 6.99. The SMILES string of the molecule is c1ccc(-c2nc(-c3ccccc3)nc(-c3cc(-n4c5ccccc5c5cc6c(cc54)sc4ccccc46)cc4oc5ccccc5c34)n2)cc1. The number of aromatic nitrogens is 4. The van der Waals surface area contributed by atoms with Crippen LogP contribution in [-0.2, 0) is 0 Å². The Bertz CT molecular complexity index is 3080. The zero-order chi connectivity index (χ0) is 33.5. The fourth-order valence-corrected chi connectivity index (χ4v) is 8.66. The van der Waals surface area contributed by atoms with E-state index in [-0.39, 0.29) is 0 Å². The van der Waals surface area contributed by atoms with Gasteiger partial charge < -0.3 is 8.98 Å². The van der Waals surface area contributed by atoms with Crippen LogP contribution in [0.3, 0.4) is 0 Å². The lowest BCUT2D eigenvalue weighted by Gasteiger charge is -2.13. The summed E-state index contributed by atoms with van der Waals surface area (Å²) in [6.07, 6.45) is 0. The largest absolute Gasteiger partial charge is 0.456 e. The molecule has 0 saturated carbocycles. The molecule has 6 heteroatoms. The van der Waals surface area contributed by atoms with E-state index in [9.17, 15) is 0 Å². The van der Waals surface area contributed by atoms with Crippen molar-refractivity contribution >= 4 is 75.3 Å². The van der Waals surface area contributed by atoms with Crippen molar-refractivity contribution < 1.29 is 4.42 Å². The smallest absolute Gasteiger partial charge is 0.164 e. The van der Waals surface area contributed by atoms with Gasteiger partial charge in [0.25, 0.3) is 0 Å². The maximum Gasteiger partial charge on any atom is 0.164 e. The third-order valence-corrected chi connectivity index (χ3v) is 11.0. The second-order valence-electron chi connectivity index (χ2n) is 12.8. The van der Waals surface area contributed by atoms with Gasteiger partial charge >= 0.3 is 0 Å². The zero-order valence-electron chi connectivity index (χ0n) is 27.1. The van der Waals surface area contributed by atoms with Gasteiger partial charge in [0.05, 0.1) is 16.7 Å². The topological polar surface area (TPSA) is 56.7 Å². The normalized spacial score (nSPS) is 11.9. The number of furan rings is 1. The fourth-order valence-electron chi connectivity index (χ4n) is 7.54. The molecule has 0 aliphatic rings. The number of para-hydroxylation sites is 2. The van der Waals surface area contributed by atoms with Gasteiger partial charge in [-0.15, -0.1) is 11.3 Å². The molecule has 5 nitrogen and oxygen atoms in total. The first-order valence-corrected chi connectivity index (χ1v) is 17.8. The predicted octanol–water partition coefficient (Wildman–Crippen LogP) is 12.2. The third-order valence-electron chi connectivity index (χ3n) is 9.83. The monoisotopic (exact) mass is 670 g/mol. The first kappa shape index (κ1) is 28.2. The van der Waals surface area contributed by atoms with Crippen molar-refractivity contribution in [3.8, 4) is 39.9 Å². The van der Waals surface area contributed by atoms with Crippen LogP contribution in [0.4, 0.5) is 0 Å². The van der Waals surface area contributed by atoms with E-state index in [0.717, 1.165) is 55.3 Å². The molecule has 0 atom stereocenters. The predicted molar refractivity (Wildman–Crippen MR) is 211 cm³/mol. The molecular formula is C45H26N4OS. The molecule has 0 bridgehead atoms. The van der Waals surface area contributed by atoms with E-state index in [0.29, 0.717) is 17.5 Å². The molecule has 11 aromatic rings. The molecule has 11 rings (SSSR count). The number of benzene rings is 7. The summed E-state index contributed by atoms with van der Waals surface area (Å²) in [6.45, 7) is 0. The minimum atomic E-state index is 0.591. The summed E-state index contributed by atoms with van der Waals surface area (Å²) in [5.74, 6) is 1.83. The van der Waals surface area contributed by atoms with Gasteiger partial charge in [0.15, 0.2) is 17.5 Å². The minimum Gasteiger partial charge on any atom is -0.456 e. The van der Waals surface area contributed by atoms with Crippen molar-refractivity contribution in [2.45, 2.75) is 0 Å². The highest BCUT2D eigenvalue weighted by Gasteiger charge is 2.22. The lowest BCUT2D eigenvalue weighted by atomic mass is 10.0. The summed E-state index contributed by atoms with van der Waals surface area (Å²) in [4.78, 5) is 15.3. The summed E-state index contributed by atoms with van der Waals surface area (Å²) < 4.78 is 11.5. The minimum absolute atomic E-state index is 0.591. The number of hydrogen-bond donors (Lipinski definition) is 0. The van der Waals surface area contributed by atoms with Crippen LogP contribution in [0.5, 0.6) is 0 Å². The van der Waals surface area contributed by atoms with Crippen LogP contribution in [0.25, 0.3) is 104 Å². The van der Waals surface area contributed by atoms with E-state index in [4.69, 9.17) is 19.4 Å². The first-order chi connectivity index (χ1) is 25.3. The summed E-state index contributed by atoms with van der Waals surface area (Å²) in [7, 11) is 0. The average Bonchev–Trinajstić information content (AvgIpc) is 3.86. The molecule has 0 aliphatic carbocycles. The van der Waals surface area contributed by atoms with Crippen LogP contribution in [0.1, 0.15) is 0 Å². The van der Waals surface area contributed by atoms with E-state index in [1.54, 1.807) is 0 Å². The van der Waals surface area contributed by atoms with Crippen molar-refractivity contribution in [1.82, 2.24) is 19.5 Å². The van der Waals surface area contributed by atoms with E-state index < -0.39 is 0 Å². The van der Waals surface area contributed by atoms with Gasteiger partial charge in [-0.2, -0.15) is 0 Å². The molecule has 0 N–H and O–H groups in total. The van der Waals surface area contributed by atoms with Crippen LogP contribution in [0, 0.1) is 0 Å². The summed E-state index contributed by atoms with van der Waals surface area (Å²) >= 11 is 1.84. The van der Waals surface area contributed by atoms with E-state index in [1.807, 2.05) is 84.1 Å². The Hall–Kier alpha value is -6.63. The van der Waals surface area contributed by atoms with Crippen molar-refractivity contribution in [2.24, 2.45) is 0 Å². The molecule has 4 aromatic heterocycles. The Morgan fingerprint density at radius 2 is 1.06 bits per heavy atom. The van der Waals surface area contributed by atoms with Gasteiger partial charge in [0.1, 0.15) is 11.2 Å². The number of nitrogens with zero attached hydrogens (tertiary/aromatic N) is 4. The van der Waals surface area contributed by atoms with Crippen LogP contribution in [0.2, 0.25) is 0 Å². The molecule has 0 unspecified atom stereocenters. The van der Waals surface area contributed by atoms with Crippen LogP contribution in [0.15, 0.2) is 162 Å². The second-order valence-corrected chi connectivity index (χ2v) is 13.9. The Balaban J connectivity index is 1.25. The van der Waals surface area contributed by atoms with Gasteiger partial charge in [-0.3, -0.25) is 0 Å². The molecule has 7 aromatic carbocycles. The highest BCUT2D eigenvalue weighted by atomic mass is 32.1. The molecule has 51 heavy (non-hydrogen) atoms. The molecular weight excluding hydrogens is 645 g/mol. The molecule has 0 fully saturated rings. The summed E-state index contributed by atoms with van der Waals surface area (Å²) in [5.41, 5.74) is 7.59. The number of thiophene rings is 1. The van der Waals surface area contributed by atoms with E-state index in [2.05, 4.69) is 89.5 Å².